The summed E-state index contributed by atoms with van der Waals surface area (Å²) in [5.41, 5.74) is -0.257. The fraction of sp³-hybridized carbons (Fsp3) is 0.615. The standard InChI is InChI=1S/C13H20N4O4/c1-8(2)21-6-9(18)5-17-7-14-11-10(17)12(19)16(4)13(20)15(11)3/h7-9,18H,5-6H2,1-4H3/t9-/m1/s1. The molecule has 0 saturated heterocycles. The lowest BCUT2D eigenvalue weighted by atomic mass is 10.3. The van der Waals surface area contributed by atoms with Gasteiger partial charge in [0.1, 0.15) is 0 Å². The predicted octanol–water partition coefficient (Wildman–Crippen LogP) is -0.780. The number of aliphatic hydroxyl groups is 1. The molecule has 1 N–H and O–H groups in total. The van der Waals surface area contributed by atoms with Crippen molar-refractivity contribution in [1.82, 2.24) is 18.7 Å². The Hall–Kier alpha value is -1.93. The van der Waals surface area contributed by atoms with Gasteiger partial charge in [0.15, 0.2) is 11.2 Å². The molecular formula is C13H20N4O4. The monoisotopic (exact) mass is 296 g/mol. The SMILES string of the molecule is CC(C)OC[C@H](O)Cn1cnc2c1c(=O)n(C)c(=O)n2C. The maximum Gasteiger partial charge on any atom is 0.332 e. The van der Waals surface area contributed by atoms with E-state index < -0.39 is 17.4 Å². The molecule has 0 aromatic carbocycles. The predicted molar refractivity (Wildman–Crippen MR) is 77.3 cm³/mol. The van der Waals surface area contributed by atoms with Gasteiger partial charge in [-0.05, 0) is 13.8 Å². The number of aromatic nitrogens is 4. The quantitative estimate of drug-likeness (QED) is 0.781. The summed E-state index contributed by atoms with van der Waals surface area (Å²) in [6.07, 6.45) is 0.712. The van der Waals surface area contributed by atoms with Gasteiger partial charge in [0.2, 0.25) is 0 Å². The Morgan fingerprint density at radius 3 is 2.57 bits per heavy atom. The molecule has 2 aromatic rings. The summed E-state index contributed by atoms with van der Waals surface area (Å²) in [7, 11) is 2.97. The minimum atomic E-state index is -0.758. The fourth-order valence-electron chi connectivity index (χ4n) is 2.12. The van der Waals surface area contributed by atoms with Crippen molar-refractivity contribution in [3.05, 3.63) is 27.2 Å². The number of nitrogens with zero attached hydrogens (tertiary/aromatic N) is 4. The zero-order valence-electron chi connectivity index (χ0n) is 12.6. The average molecular weight is 296 g/mol. The van der Waals surface area contributed by atoms with Gasteiger partial charge in [-0.25, -0.2) is 9.78 Å². The van der Waals surface area contributed by atoms with Crippen LogP contribution in [0.25, 0.3) is 11.2 Å². The van der Waals surface area contributed by atoms with Crippen LogP contribution in [-0.4, -0.2) is 42.6 Å². The maximum atomic E-state index is 12.2. The number of imidazole rings is 1. The lowest BCUT2D eigenvalue weighted by Gasteiger charge is -2.14. The van der Waals surface area contributed by atoms with Crippen LogP contribution in [-0.2, 0) is 25.4 Å². The normalized spacial score (nSPS) is 13.2. The van der Waals surface area contributed by atoms with Crippen LogP contribution in [0.4, 0.5) is 0 Å². The van der Waals surface area contributed by atoms with E-state index in [1.54, 1.807) is 11.6 Å². The summed E-state index contributed by atoms with van der Waals surface area (Å²) in [5, 5.41) is 9.96. The fourth-order valence-corrected chi connectivity index (χ4v) is 2.12. The number of rotatable bonds is 5. The number of fused-ring (bicyclic) bond motifs is 1. The number of aryl methyl sites for hydroxylation is 1. The molecule has 8 heteroatoms. The van der Waals surface area contributed by atoms with Gasteiger partial charge in [-0.2, -0.15) is 0 Å². The molecular weight excluding hydrogens is 276 g/mol. The third-order valence-corrected chi connectivity index (χ3v) is 3.25. The van der Waals surface area contributed by atoms with E-state index in [-0.39, 0.29) is 19.3 Å². The third kappa shape index (κ3) is 2.91. The minimum Gasteiger partial charge on any atom is -0.389 e. The number of ether oxygens (including phenoxy) is 1. The molecule has 116 valence electrons. The lowest BCUT2D eigenvalue weighted by Crippen LogP contribution is -2.38. The van der Waals surface area contributed by atoms with E-state index in [1.807, 2.05) is 13.8 Å². The van der Waals surface area contributed by atoms with Crippen LogP contribution < -0.4 is 11.2 Å². The van der Waals surface area contributed by atoms with Crippen molar-refractivity contribution < 1.29 is 9.84 Å². The highest BCUT2D eigenvalue weighted by Gasteiger charge is 2.16. The Morgan fingerprint density at radius 1 is 1.29 bits per heavy atom. The Balaban J connectivity index is 2.39. The topological polar surface area (TPSA) is 91.3 Å². The van der Waals surface area contributed by atoms with Crippen molar-refractivity contribution >= 4 is 11.2 Å². The van der Waals surface area contributed by atoms with E-state index in [2.05, 4.69) is 4.98 Å². The second kappa shape index (κ2) is 5.82. The van der Waals surface area contributed by atoms with Crippen LogP contribution in [0, 0.1) is 0 Å². The maximum absolute atomic E-state index is 12.2. The highest BCUT2D eigenvalue weighted by atomic mass is 16.5. The molecule has 0 aliphatic carbocycles. The summed E-state index contributed by atoms with van der Waals surface area (Å²) < 4.78 is 9.22. The Kier molecular flexibility index (Phi) is 4.29. The average Bonchev–Trinajstić information content (AvgIpc) is 2.84. The highest BCUT2D eigenvalue weighted by Crippen LogP contribution is 2.07. The molecule has 1 atom stereocenters. The van der Waals surface area contributed by atoms with Crippen LogP contribution in [0.15, 0.2) is 15.9 Å². The highest BCUT2D eigenvalue weighted by molar-refractivity contribution is 5.69. The van der Waals surface area contributed by atoms with E-state index >= 15 is 0 Å². The number of hydrogen-bond donors (Lipinski definition) is 1. The molecule has 2 rings (SSSR count). The van der Waals surface area contributed by atoms with Gasteiger partial charge in [-0.1, -0.05) is 0 Å². The van der Waals surface area contributed by atoms with Crippen LogP contribution in [0.3, 0.4) is 0 Å². The van der Waals surface area contributed by atoms with Gasteiger partial charge < -0.3 is 14.4 Å². The van der Waals surface area contributed by atoms with E-state index in [1.165, 1.54) is 17.9 Å². The van der Waals surface area contributed by atoms with E-state index in [0.29, 0.717) is 11.2 Å². The first-order chi connectivity index (χ1) is 9.82. The van der Waals surface area contributed by atoms with Crippen molar-refractivity contribution in [2.75, 3.05) is 6.61 Å². The van der Waals surface area contributed by atoms with Crippen molar-refractivity contribution in [2.45, 2.75) is 32.6 Å². The molecule has 0 spiro atoms. The van der Waals surface area contributed by atoms with E-state index in [4.69, 9.17) is 4.74 Å². The minimum absolute atomic E-state index is 0.0212. The van der Waals surface area contributed by atoms with Crippen molar-refractivity contribution in [1.29, 1.82) is 0 Å². The zero-order valence-corrected chi connectivity index (χ0v) is 12.6. The second-order valence-corrected chi connectivity index (χ2v) is 5.31. The number of hydrogen-bond acceptors (Lipinski definition) is 5. The van der Waals surface area contributed by atoms with Gasteiger partial charge in [0.05, 0.1) is 31.7 Å². The molecule has 2 aromatic heterocycles. The first-order valence-electron chi connectivity index (χ1n) is 6.73. The molecule has 0 fully saturated rings. The van der Waals surface area contributed by atoms with Crippen LogP contribution in [0.5, 0.6) is 0 Å². The van der Waals surface area contributed by atoms with Crippen LogP contribution >= 0.6 is 0 Å². The Labute approximate surface area is 121 Å². The molecule has 0 amide bonds. The lowest BCUT2D eigenvalue weighted by molar-refractivity contribution is -0.000314. The molecule has 2 heterocycles. The summed E-state index contributed by atoms with van der Waals surface area (Å²) in [4.78, 5) is 28.1. The van der Waals surface area contributed by atoms with E-state index in [0.717, 1.165) is 4.57 Å². The van der Waals surface area contributed by atoms with Gasteiger partial charge in [-0.15, -0.1) is 0 Å². The number of aliphatic hydroxyl groups excluding tert-OH is 1. The van der Waals surface area contributed by atoms with Gasteiger partial charge in [0.25, 0.3) is 5.56 Å². The van der Waals surface area contributed by atoms with Gasteiger partial charge in [0, 0.05) is 14.1 Å². The molecule has 0 saturated carbocycles. The zero-order chi connectivity index (χ0) is 15.7. The van der Waals surface area contributed by atoms with Crippen molar-refractivity contribution in [3.8, 4) is 0 Å². The summed E-state index contributed by atoms with van der Waals surface area (Å²) in [5.74, 6) is 0. The Morgan fingerprint density at radius 2 is 1.95 bits per heavy atom. The van der Waals surface area contributed by atoms with Crippen molar-refractivity contribution in [3.63, 3.8) is 0 Å². The second-order valence-electron chi connectivity index (χ2n) is 5.31. The van der Waals surface area contributed by atoms with Crippen molar-refractivity contribution in [2.24, 2.45) is 14.1 Å². The van der Waals surface area contributed by atoms with E-state index in [9.17, 15) is 14.7 Å². The van der Waals surface area contributed by atoms with Gasteiger partial charge in [-0.3, -0.25) is 13.9 Å². The van der Waals surface area contributed by atoms with Crippen LogP contribution in [0.1, 0.15) is 13.8 Å². The first-order valence-corrected chi connectivity index (χ1v) is 6.73. The molecule has 0 unspecified atom stereocenters. The Bertz CT molecular complexity index is 756. The van der Waals surface area contributed by atoms with Crippen LogP contribution in [0.2, 0.25) is 0 Å². The third-order valence-electron chi connectivity index (χ3n) is 3.25. The van der Waals surface area contributed by atoms with Gasteiger partial charge >= 0.3 is 5.69 Å². The summed E-state index contributed by atoms with van der Waals surface area (Å²) >= 11 is 0. The summed E-state index contributed by atoms with van der Waals surface area (Å²) in [6.45, 7) is 4.11. The molecule has 0 radical (unpaired) electrons. The molecule has 0 aliphatic rings. The smallest absolute Gasteiger partial charge is 0.332 e. The molecule has 21 heavy (non-hydrogen) atoms. The molecule has 0 bridgehead atoms. The molecule has 0 aliphatic heterocycles. The molecule has 8 nitrogen and oxygen atoms in total. The largest absolute Gasteiger partial charge is 0.389 e. The summed E-state index contributed by atoms with van der Waals surface area (Å²) in [6, 6.07) is 0. The first kappa shape index (κ1) is 15.5.